The van der Waals surface area contributed by atoms with Crippen LogP contribution < -0.4 is 5.32 Å². The molecule has 0 atom stereocenters. The fraction of sp³-hybridized carbons (Fsp3) is 0.296. The quantitative estimate of drug-likeness (QED) is 0.397. The molecule has 0 spiro atoms. The van der Waals surface area contributed by atoms with Crippen LogP contribution in [0.15, 0.2) is 54.2 Å². The Morgan fingerprint density at radius 1 is 1.21 bits per heavy atom. The van der Waals surface area contributed by atoms with E-state index in [2.05, 4.69) is 12.2 Å². The number of hydrogen-bond donors (Lipinski definition) is 1. The summed E-state index contributed by atoms with van der Waals surface area (Å²) >= 11 is 6.15. The first-order valence-electron chi connectivity index (χ1n) is 11.4. The van der Waals surface area contributed by atoms with Gasteiger partial charge in [-0.05, 0) is 55.5 Å². The molecule has 0 aliphatic carbocycles. The first-order valence-corrected chi connectivity index (χ1v) is 11.8. The lowest BCUT2D eigenvalue weighted by Crippen LogP contribution is -2.39. The number of likely N-dealkylation sites (tertiary alicyclic amines) is 1. The van der Waals surface area contributed by atoms with E-state index in [1.165, 1.54) is 0 Å². The number of benzene rings is 2. The molecule has 2 amide bonds. The van der Waals surface area contributed by atoms with Gasteiger partial charge in [0.15, 0.2) is 0 Å². The lowest BCUT2D eigenvalue weighted by atomic mass is 9.99. The molecule has 3 aromatic rings. The predicted molar refractivity (Wildman–Crippen MR) is 135 cm³/mol. The molecule has 1 aliphatic rings. The average Bonchev–Trinajstić information content (AvgIpc) is 3.17. The van der Waals surface area contributed by atoms with Crippen LogP contribution in [-0.2, 0) is 16.1 Å². The normalized spacial score (nSPS) is 14.8. The molecular weight excluding hydrogens is 448 g/mol. The summed E-state index contributed by atoms with van der Waals surface area (Å²) in [6, 6.07) is 14.9. The van der Waals surface area contributed by atoms with E-state index < -0.39 is 5.91 Å². The number of nitriles is 1. The average molecular weight is 475 g/mol. The molecule has 4 rings (SSSR count). The molecule has 34 heavy (non-hydrogen) atoms. The molecule has 0 bridgehead atoms. The maximum atomic E-state index is 12.9. The summed E-state index contributed by atoms with van der Waals surface area (Å²) in [7, 11) is 0. The van der Waals surface area contributed by atoms with Gasteiger partial charge in [0, 0.05) is 46.5 Å². The Morgan fingerprint density at radius 3 is 2.65 bits per heavy atom. The highest BCUT2D eigenvalue weighted by Gasteiger charge is 2.21. The standard InChI is InChI=1S/C27H27ClN4O2/c1-18-9-11-31(12-10-18)26(33)17-32-16-21(23-5-3-4-6-25(23)32)13-20(15-29)27(34)30-22-8-7-19(2)24(28)14-22/h3-8,13-14,16,18H,9-12,17H2,1-2H3,(H,30,34)/b20-13+. The molecule has 0 unspecified atom stereocenters. The molecule has 1 fully saturated rings. The highest BCUT2D eigenvalue weighted by molar-refractivity contribution is 6.31. The number of carbonyl (C=O) groups excluding carboxylic acids is 2. The maximum absolute atomic E-state index is 12.9. The van der Waals surface area contributed by atoms with Gasteiger partial charge in [0.05, 0.1) is 0 Å². The van der Waals surface area contributed by atoms with Crippen molar-refractivity contribution in [1.29, 1.82) is 5.26 Å². The summed E-state index contributed by atoms with van der Waals surface area (Å²) in [4.78, 5) is 27.6. The van der Waals surface area contributed by atoms with Crippen molar-refractivity contribution in [2.45, 2.75) is 33.2 Å². The van der Waals surface area contributed by atoms with E-state index in [-0.39, 0.29) is 18.0 Å². The molecule has 0 radical (unpaired) electrons. The number of nitrogens with zero attached hydrogens (tertiary/aromatic N) is 3. The van der Waals surface area contributed by atoms with E-state index >= 15 is 0 Å². The zero-order valence-electron chi connectivity index (χ0n) is 19.3. The van der Waals surface area contributed by atoms with Gasteiger partial charge >= 0.3 is 0 Å². The second-order valence-corrected chi connectivity index (χ2v) is 9.29. The highest BCUT2D eigenvalue weighted by atomic mass is 35.5. The van der Waals surface area contributed by atoms with E-state index in [1.54, 1.807) is 24.3 Å². The lowest BCUT2D eigenvalue weighted by molar-refractivity contribution is -0.133. The van der Waals surface area contributed by atoms with Crippen LogP contribution in [0.4, 0.5) is 5.69 Å². The molecule has 2 heterocycles. The number of piperidine rings is 1. The minimum absolute atomic E-state index is 0.0315. The van der Waals surface area contributed by atoms with Crippen LogP contribution >= 0.6 is 11.6 Å². The highest BCUT2D eigenvalue weighted by Crippen LogP contribution is 2.25. The van der Waals surface area contributed by atoms with Gasteiger partial charge in [-0.2, -0.15) is 5.26 Å². The second kappa shape index (κ2) is 10.1. The number of aryl methyl sites for hydroxylation is 1. The van der Waals surface area contributed by atoms with Crippen molar-refractivity contribution in [3.63, 3.8) is 0 Å². The summed E-state index contributed by atoms with van der Waals surface area (Å²) in [5, 5.41) is 13.8. The molecule has 1 N–H and O–H groups in total. The van der Waals surface area contributed by atoms with Gasteiger partial charge in [-0.1, -0.05) is 42.8 Å². The largest absolute Gasteiger partial charge is 0.341 e. The summed E-state index contributed by atoms with van der Waals surface area (Å²) in [6.07, 6.45) is 5.46. The van der Waals surface area contributed by atoms with Crippen molar-refractivity contribution < 1.29 is 9.59 Å². The van der Waals surface area contributed by atoms with Gasteiger partial charge in [0.1, 0.15) is 18.2 Å². The predicted octanol–water partition coefficient (Wildman–Crippen LogP) is 5.41. The summed E-state index contributed by atoms with van der Waals surface area (Å²) < 4.78 is 1.90. The Balaban J connectivity index is 1.59. The van der Waals surface area contributed by atoms with Crippen molar-refractivity contribution in [2.75, 3.05) is 18.4 Å². The zero-order valence-corrected chi connectivity index (χ0v) is 20.1. The van der Waals surface area contributed by atoms with Crippen LogP contribution in [-0.4, -0.2) is 34.4 Å². The molecule has 0 saturated carbocycles. The molecule has 1 aliphatic heterocycles. The Kier molecular flexibility index (Phi) is 7.04. The van der Waals surface area contributed by atoms with Crippen LogP contribution in [0.1, 0.15) is 30.9 Å². The number of amides is 2. The van der Waals surface area contributed by atoms with Crippen molar-refractivity contribution in [3.8, 4) is 6.07 Å². The molecule has 7 heteroatoms. The summed E-state index contributed by atoms with van der Waals surface area (Å²) in [6.45, 7) is 5.89. The van der Waals surface area contributed by atoms with Crippen LogP contribution in [0, 0.1) is 24.2 Å². The Morgan fingerprint density at radius 2 is 1.94 bits per heavy atom. The number of fused-ring (bicyclic) bond motifs is 1. The lowest BCUT2D eigenvalue weighted by Gasteiger charge is -2.30. The van der Waals surface area contributed by atoms with Crippen molar-refractivity contribution >= 4 is 46.1 Å². The number of hydrogen-bond acceptors (Lipinski definition) is 3. The van der Waals surface area contributed by atoms with Gasteiger partial charge < -0.3 is 14.8 Å². The van der Waals surface area contributed by atoms with Crippen molar-refractivity contribution in [2.24, 2.45) is 5.92 Å². The number of para-hydroxylation sites is 1. The van der Waals surface area contributed by atoms with Crippen LogP contribution in [0.2, 0.25) is 5.02 Å². The topological polar surface area (TPSA) is 78.1 Å². The monoisotopic (exact) mass is 474 g/mol. The smallest absolute Gasteiger partial charge is 0.266 e. The second-order valence-electron chi connectivity index (χ2n) is 8.88. The number of anilines is 1. The fourth-order valence-electron chi connectivity index (χ4n) is 4.20. The van der Waals surface area contributed by atoms with Gasteiger partial charge in [-0.15, -0.1) is 0 Å². The third kappa shape index (κ3) is 5.16. The first kappa shape index (κ1) is 23.6. The van der Waals surface area contributed by atoms with Crippen molar-refractivity contribution in [1.82, 2.24) is 9.47 Å². The third-order valence-electron chi connectivity index (χ3n) is 6.36. The molecule has 1 aromatic heterocycles. The third-order valence-corrected chi connectivity index (χ3v) is 6.76. The van der Waals surface area contributed by atoms with Gasteiger partial charge in [-0.3, -0.25) is 9.59 Å². The van der Waals surface area contributed by atoms with Gasteiger partial charge in [0.25, 0.3) is 5.91 Å². The first-order chi connectivity index (χ1) is 16.4. The maximum Gasteiger partial charge on any atom is 0.266 e. The Labute approximate surface area is 204 Å². The van der Waals surface area contributed by atoms with E-state index in [1.807, 2.05) is 52.9 Å². The van der Waals surface area contributed by atoms with E-state index in [9.17, 15) is 14.9 Å². The summed E-state index contributed by atoms with van der Waals surface area (Å²) in [5.41, 5.74) is 2.98. The Bertz CT molecular complexity index is 1310. The van der Waals surface area contributed by atoms with Gasteiger partial charge in [-0.25, -0.2) is 0 Å². The van der Waals surface area contributed by atoms with Crippen molar-refractivity contribution in [3.05, 3.63) is 70.4 Å². The van der Waals surface area contributed by atoms with Crippen LogP contribution in [0.5, 0.6) is 0 Å². The number of carbonyl (C=O) groups is 2. The molecule has 2 aromatic carbocycles. The minimum atomic E-state index is -0.516. The van der Waals surface area contributed by atoms with Gasteiger partial charge in [0.2, 0.25) is 5.91 Å². The molecular formula is C27H27ClN4O2. The molecule has 6 nitrogen and oxygen atoms in total. The number of aromatic nitrogens is 1. The van der Waals surface area contributed by atoms with Crippen LogP contribution in [0.25, 0.3) is 17.0 Å². The number of nitrogens with one attached hydrogen (secondary N) is 1. The van der Waals surface area contributed by atoms with E-state index in [0.29, 0.717) is 22.2 Å². The van der Waals surface area contributed by atoms with E-state index in [4.69, 9.17) is 11.6 Å². The summed E-state index contributed by atoms with van der Waals surface area (Å²) in [5.74, 6) is 0.218. The minimum Gasteiger partial charge on any atom is -0.341 e. The zero-order chi connectivity index (χ0) is 24.2. The fourth-order valence-corrected chi connectivity index (χ4v) is 4.38. The van der Waals surface area contributed by atoms with E-state index in [0.717, 1.165) is 42.4 Å². The number of halogens is 1. The number of rotatable bonds is 5. The SMILES string of the molecule is Cc1ccc(NC(=O)/C(C#N)=C/c2cn(CC(=O)N3CCC(C)CC3)c3ccccc23)cc1Cl. The Hall–Kier alpha value is -3.56. The molecule has 1 saturated heterocycles. The van der Waals surface area contributed by atoms with Crippen LogP contribution in [0.3, 0.4) is 0 Å². The molecule has 174 valence electrons.